The number of sulfonamides is 1. The van der Waals surface area contributed by atoms with Crippen molar-refractivity contribution in [2.75, 3.05) is 19.4 Å². The first-order valence-electron chi connectivity index (χ1n) is 6.09. The van der Waals surface area contributed by atoms with Gasteiger partial charge in [0, 0.05) is 18.7 Å². The van der Waals surface area contributed by atoms with Crippen LogP contribution in [-0.2, 0) is 14.8 Å². The molecular formula is C12H16Cl2N2O3S. The summed E-state index contributed by atoms with van der Waals surface area (Å²) in [5.41, 5.74) is 5.31. The van der Waals surface area contributed by atoms with Crippen LogP contribution in [0.2, 0.25) is 10.0 Å². The SMILES string of the molecule is COC1(CNS(=O)(=O)c2c(N)cc(Cl)cc2Cl)CCC1. The molecule has 0 bridgehead atoms. The minimum atomic E-state index is -3.80. The van der Waals surface area contributed by atoms with Crippen LogP contribution < -0.4 is 10.5 Å². The second-order valence-electron chi connectivity index (χ2n) is 4.87. The number of methoxy groups -OCH3 is 1. The van der Waals surface area contributed by atoms with Gasteiger partial charge in [0.25, 0.3) is 0 Å². The molecule has 1 aliphatic carbocycles. The van der Waals surface area contributed by atoms with Crippen LogP contribution in [0.4, 0.5) is 5.69 Å². The Labute approximate surface area is 128 Å². The van der Waals surface area contributed by atoms with Crippen LogP contribution in [0.3, 0.4) is 0 Å². The lowest BCUT2D eigenvalue weighted by atomic mass is 9.80. The minimum Gasteiger partial charge on any atom is -0.398 e. The zero-order valence-electron chi connectivity index (χ0n) is 10.9. The van der Waals surface area contributed by atoms with Crippen molar-refractivity contribution in [2.45, 2.75) is 29.8 Å². The maximum atomic E-state index is 12.3. The van der Waals surface area contributed by atoms with E-state index in [9.17, 15) is 8.42 Å². The highest BCUT2D eigenvalue weighted by Gasteiger charge is 2.38. The predicted octanol–water partition coefficient (Wildman–Crippen LogP) is 2.42. The maximum Gasteiger partial charge on any atom is 0.244 e. The maximum absolute atomic E-state index is 12.3. The van der Waals surface area contributed by atoms with E-state index in [1.807, 2.05) is 0 Å². The number of nitrogen functional groups attached to an aromatic ring is 1. The van der Waals surface area contributed by atoms with Crippen molar-refractivity contribution in [1.82, 2.24) is 4.72 Å². The van der Waals surface area contributed by atoms with Gasteiger partial charge < -0.3 is 10.5 Å². The topological polar surface area (TPSA) is 81.4 Å². The Morgan fingerprint density at radius 2 is 2.05 bits per heavy atom. The molecule has 1 fully saturated rings. The van der Waals surface area contributed by atoms with Gasteiger partial charge in [0.1, 0.15) is 4.90 Å². The summed E-state index contributed by atoms with van der Waals surface area (Å²) in [5, 5.41) is 0.293. The van der Waals surface area contributed by atoms with Crippen molar-refractivity contribution in [3.05, 3.63) is 22.2 Å². The highest BCUT2D eigenvalue weighted by Crippen LogP contribution is 2.35. The molecule has 0 aromatic heterocycles. The normalized spacial score (nSPS) is 17.8. The molecule has 1 aromatic rings. The smallest absolute Gasteiger partial charge is 0.244 e. The summed E-state index contributed by atoms with van der Waals surface area (Å²) in [6.45, 7) is 0.199. The molecule has 3 N–H and O–H groups in total. The number of halogens is 2. The molecule has 0 saturated heterocycles. The average molecular weight is 339 g/mol. The summed E-state index contributed by atoms with van der Waals surface area (Å²) < 4.78 is 32.5. The summed E-state index contributed by atoms with van der Waals surface area (Å²) in [5.74, 6) is 0. The number of rotatable bonds is 5. The van der Waals surface area contributed by atoms with E-state index in [2.05, 4.69) is 4.72 Å². The van der Waals surface area contributed by atoms with Crippen LogP contribution in [0, 0.1) is 0 Å². The third-order valence-electron chi connectivity index (χ3n) is 3.59. The number of nitrogens with two attached hydrogens (primary N) is 1. The molecule has 1 aromatic carbocycles. The molecule has 0 radical (unpaired) electrons. The fraction of sp³-hybridized carbons (Fsp3) is 0.500. The molecule has 8 heteroatoms. The molecule has 0 heterocycles. The van der Waals surface area contributed by atoms with Gasteiger partial charge in [0.2, 0.25) is 10.0 Å². The Morgan fingerprint density at radius 1 is 1.40 bits per heavy atom. The van der Waals surface area contributed by atoms with Crippen molar-refractivity contribution in [3.8, 4) is 0 Å². The third kappa shape index (κ3) is 3.04. The van der Waals surface area contributed by atoms with Gasteiger partial charge in [0.15, 0.2) is 0 Å². The number of anilines is 1. The van der Waals surface area contributed by atoms with Crippen LogP contribution in [-0.4, -0.2) is 27.7 Å². The van der Waals surface area contributed by atoms with Crippen LogP contribution in [0.15, 0.2) is 17.0 Å². The molecule has 20 heavy (non-hydrogen) atoms. The van der Waals surface area contributed by atoms with E-state index in [1.165, 1.54) is 12.1 Å². The van der Waals surface area contributed by atoms with E-state index in [0.717, 1.165) is 19.3 Å². The van der Waals surface area contributed by atoms with Crippen LogP contribution in [0.1, 0.15) is 19.3 Å². The highest BCUT2D eigenvalue weighted by atomic mass is 35.5. The van der Waals surface area contributed by atoms with Gasteiger partial charge in [0.05, 0.1) is 16.3 Å². The quantitative estimate of drug-likeness (QED) is 0.808. The first kappa shape index (κ1) is 15.9. The minimum absolute atomic E-state index is 0.00239. The lowest BCUT2D eigenvalue weighted by Crippen LogP contribution is -2.49. The van der Waals surface area contributed by atoms with Gasteiger partial charge >= 0.3 is 0 Å². The van der Waals surface area contributed by atoms with Gasteiger partial charge in [-0.2, -0.15) is 0 Å². The molecule has 2 rings (SSSR count). The van der Waals surface area contributed by atoms with Crippen molar-refractivity contribution >= 4 is 38.9 Å². The van der Waals surface area contributed by atoms with E-state index >= 15 is 0 Å². The number of hydrogen-bond donors (Lipinski definition) is 2. The fourth-order valence-corrected chi connectivity index (χ4v) is 4.28. The molecule has 5 nitrogen and oxygen atoms in total. The van der Waals surface area contributed by atoms with E-state index < -0.39 is 15.6 Å². The van der Waals surface area contributed by atoms with Crippen molar-refractivity contribution in [3.63, 3.8) is 0 Å². The van der Waals surface area contributed by atoms with Gasteiger partial charge in [-0.05, 0) is 31.4 Å². The summed E-state index contributed by atoms with van der Waals surface area (Å²) in [6.07, 6.45) is 2.69. The monoisotopic (exact) mass is 338 g/mol. The summed E-state index contributed by atoms with van der Waals surface area (Å²) in [6, 6.07) is 2.71. The van der Waals surface area contributed by atoms with E-state index in [1.54, 1.807) is 7.11 Å². The molecule has 0 amide bonds. The Balaban J connectivity index is 2.23. The second kappa shape index (κ2) is 5.69. The molecule has 1 saturated carbocycles. The molecule has 0 spiro atoms. The largest absolute Gasteiger partial charge is 0.398 e. The lowest BCUT2D eigenvalue weighted by Gasteiger charge is -2.40. The van der Waals surface area contributed by atoms with Crippen molar-refractivity contribution in [2.24, 2.45) is 0 Å². The van der Waals surface area contributed by atoms with E-state index in [0.29, 0.717) is 5.02 Å². The predicted molar refractivity (Wildman–Crippen MR) is 79.7 cm³/mol. The van der Waals surface area contributed by atoms with E-state index in [-0.39, 0.29) is 22.2 Å². The molecular weight excluding hydrogens is 323 g/mol. The standard InChI is InChI=1S/C12H16Cl2N2O3S/c1-19-12(3-2-4-12)7-16-20(17,18)11-9(14)5-8(13)6-10(11)15/h5-6,16H,2-4,7,15H2,1H3. The van der Waals surface area contributed by atoms with E-state index in [4.69, 9.17) is 33.7 Å². The Hall–Kier alpha value is -0.530. The number of hydrogen-bond acceptors (Lipinski definition) is 4. The van der Waals surface area contributed by atoms with Gasteiger partial charge in [-0.3, -0.25) is 0 Å². The fourth-order valence-electron chi connectivity index (χ4n) is 2.19. The van der Waals surface area contributed by atoms with Crippen LogP contribution >= 0.6 is 23.2 Å². The number of nitrogens with one attached hydrogen (secondary N) is 1. The molecule has 112 valence electrons. The third-order valence-corrected chi connectivity index (χ3v) is 5.73. The molecule has 0 aliphatic heterocycles. The first-order valence-corrected chi connectivity index (χ1v) is 8.33. The average Bonchev–Trinajstić information content (AvgIpc) is 2.25. The summed E-state index contributed by atoms with van der Waals surface area (Å²) in [4.78, 5) is -0.144. The van der Waals surface area contributed by atoms with Gasteiger partial charge in [-0.1, -0.05) is 23.2 Å². The van der Waals surface area contributed by atoms with Crippen molar-refractivity contribution in [1.29, 1.82) is 0 Å². The second-order valence-corrected chi connectivity index (χ2v) is 7.42. The van der Waals surface area contributed by atoms with Gasteiger partial charge in [-0.15, -0.1) is 0 Å². The Morgan fingerprint density at radius 3 is 2.50 bits per heavy atom. The first-order chi connectivity index (χ1) is 9.30. The summed E-state index contributed by atoms with van der Waals surface area (Å²) >= 11 is 11.7. The highest BCUT2D eigenvalue weighted by molar-refractivity contribution is 7.89. The molecule has 1 aliphatic rings. The molecule has 0 unspecified atom stereocenters. The van der Waals surface area contributed by atoms with Crippen LogP contribution in [0.25, 0.3) is 0 Å². The van der Waals surface area contributed by atoms with Crippen molar-refractivity contribution < 1.29 is 13.2 Å². The van der Waals surface area contributed by atoms with Gasteiger partial charge in [-0.25, -0.2) is 13.1 Å². The lowest BCUT2D eigenvalue weighted by molar-refractivity contribution is -0.0659. The van der Waals surface area contributed by atoms with Crippen LogP contribution in [0.5, 0.6) is 0 Å². The zero-order chi connectivity index (χ0) is 15.0. The number of ether oxygens (including phenoxy) is 1. The Bertz CT molecular complexity index is 587. The zero-order valence-corrected chi connectivity index (χ0v) is 13.3. The number of benzene rings is 1. The molecule has 0 atom stereocenters. The Kier molecular flexibility index (Phi) is 4.51. The summed E-state index contributed by atoms with van der Waals surface area (Å²) in [7, 11) is -2.22.